The van der Waals surface area contributed by atoms with E-state index in [1.54, 1.807) is 13.8 Å². The van der Waals surface area contributed by atoms with Crippen LogP contribution in [-0.2, 0) is 76.6 Å². The van der Waals surface area contributed by atoms with E-state index < -0.39 is 23.9 Å². The minimum Gasteiger partial charge on any atom is -0.870 e. The van der Waals surface area contributed by atoms with Gasteiger partial charge in [-0.3, -0.25) is 29.1 Å². The molecule has 38 nitrogen and oxygen atoms in total. The first-order valence-corrected chi connectivity index (χ1v) is 42.7. The number of carboxylic acids is 2. The van der Waals surface area contributed by atoms with E-state index in [0.717, 1.165) is 207 Å². The monoisotopic (exact) mass is 1670 g/mol. The molecule has 6 fully saturated rings. The summed E-state index contributed by atoms with van der Waals surface area (Å²) in [7, 11) is 0. The van der Waals surface area contributed by atoms with Crippen molar-refractivity contribution in [1.29, 1.82) is 0 Å². The second-order valence-corrected chi connectivity index (χ2v) is 30.5. The zero-order valence-corrected chi connectivity index (χ0v) is 70.7. The number of carbonyl (C=O) groups excluding carboxylic acids is 4. The van der Waals surface area contributed by atoms with Crippen LogP contribution < -0.4 is 53.6 Å². The van der Waals surface area contributed by atoms with Crippen LogP contribution in [0, 0.1) is 0 Å². The molecule has 4 N–H and O–H groups in total. The molecule has 15 rings (SSSR count). The molecule has 2 amide bonds. The van der Waals surface area contributed by atoms with Crippen LogP contribution >= 0.6 is 0 Å². The van der Waals surface area contributed by atoms with E-state index in [9.17, 15) is 28.8 Å². The Morgan fingerprint density at radius 2 is 0.628 bits per heavy atom. The Morgan fingerprint density at radius 3 is 0.942 bits per heavy atom. The molecule has 6 aliphatic heterocycles. The van der Waals surface area contributed by atoms with Gasteiger partial charge < -0.3 is 83.9 Å². The van der Waals surface area contributed by atoms with Crippen LogP contribution in [0.1, 0.15) is 136 Å². The molecule has 39 heteroatoms. The molecular weight excluding hydrogens is 1550 g/mol. The summed E-state index contributed by atoms with van der Waals surface area (Å²) in [6.07, 6.45) is 29.5. The van der Waals surface area contributed by atoms with Gasteiger partial charge >= 0.3 is 42.7 Å². The summed E-state index contributed by atoms with van der Waals surface area (Å²) in [5.41, 5.74) is 8.43. The van der Waals surface area contributed by atoms with Crippen LogP contribution in [0.2, 0.25) is 0 Å². The molecular formula is C82H119LiN24O14. The number of aliphatic carboxylic acids is 1. The van der Waals surface area contributed by atoms with Gasteiger partial charge in [-0.15, -0.1) is 0 Å². The van der Waals surface area contributed by atoms with E-state index in [2.05, 4.69) is 94.3 Å². The van der Waals surface area contributed by atoms with Crippen LogP contribution in [0.4, 0.5) is 35.7 Å². The third-order valence-corrected chi connectivity index (χ3v) is 22.6. The fourth-order valence-corrected chi connectivity index (χ4v) is 15.4. The van der Waals surface area contributed by atoms with Gasteiger partial charge in [0.1, 0.15) is 0 Å². The van der Waals surface area contributed by atoms with Gasteiger partial charge in [-0.25, -0.2) is 74.2 Å². The number of hydrogen-bond donors (Lipinski definition) is 3. The van der Waals surface area contributed by atoms with Crippen LogP contribution in [-0.4, -0.2) is 365 Å². The number of aromatic nitrogens is 12. The molecule has 9 aliphatic rings. The first-order valence-electron chi connectivity index (χ1n) is 42.7. The summed E-state index contributed by atoms with van der Waals surface area (Å²) in [5, 5.41) is 20.9. The Bertz CT molecular complexity index is 4190. The van der Waals surface area contributed by atoms with Gasteiger partial charge in [-0.1, -0.05) is 0 Å². The quantitative estimate of drug-likeness (QED) is 0.0310. The first kappa shape index (κ1) is 93.6. The Labute approximate surface area is 719 Å². The predicted molar refractivity (Wildman–Crippen MR) is 445 cm³/mol. The largest absolute Gasteiger partial charge is 1.00 e. The Balaban J connectivity index is 0.000000176. The average molecular weight is 1670 g/mol. The van der Waals surface area contributed by atoms with Crippen molar-refractivity contribution in [2.24, 2.45) is 0 Å². The van der Waals surface area contributed by atoms with Gasteiger partial charge in [-0.2, -0.15) is 0 Å². The number of carboxylic acid groups (broad SMARTS) is 2. The third-order valence-electron chi connectivity index (χ3n) is 22.6. The number of ether oxygens (including phenoxy) is 5. The molecule has 0 unspecified atom stereocenters. The normalized spacial score (nSPS) is 17.6. The Morgan fingerprint density at radius 1 is 0.347 bits per heavy atom. The van der Waals surface area contributed by atoms with Gasteiger partial charge in [0.25, 0.3) is 0 Å². The number of nitrogens with one attached hydrogen (secondary N) is 1. The van der Waals surface area contributed by atoms with E-state index in [0.29, 0.717) is 114 Å². The molecule has 652 valence electrons. The summed E-state index contributed by atoms with van der Waals surface area (Å²) < 4.78 is 26.8. The molecule has 0 spiro atoms. The van der Waals surface area contributed by atoms with Crippen molar-refractivity contribution in [3.63, 3.8) is 0 Å². The van der Waals surface area contributed by atoms with E-state index in [1.165, 1.54) is 109 Å². The maximum atomic E-state index is 12.7. The molecule has 0 atom stereocenters. The number of esters is 2. The number of nitrogens with zero attached hydrogens (tertiary/aromatic N) is 23. The summed E-state index contributed by atoms with van der Waals surface area (Å²) >= 11 is 0. The molecule has 3 aliphatic carbocycles. The van der Waals surface area contributed by atoms with Gasteiger partial charge in [0.15, 0.2) is 0 Å². The van der Waals surface area contributed by atoms with E-state index in [4.69, 9.17) is 48.8 Å². The summed E-state index contributed by atoms with van der Waals surface area (Å²) in [6.45, 7) is 29.2. The number of rotatable bonds is 29. The maximum absolute atomic E-state index is 12.7. The smallest absolute Gasteiger partial charge is 0.870 e. The van der Waals surface area contributed by atoms with E-state index >= 15 is 0 Å². The molecule has 12 heterocycles. The van der Waals surface area contributed by atoms with Crippen molar-refractivity contribution in [1.82, 2.24) is 89.6 Å². The van der Waals surface area contributed by atoms with Crippen molar-refractivity contribution in [2.75, 3.05) is 259 Å². The number of aromatic carboxylic acids is 1. The maximum Gasteiger partial charge on any atom is 1.00 e. The number of piperazine rings is 6. The molecule has 121 heavy (non-hydrogen) atoms. The topological polar surface area (TPSA) is 421 Å². The standard InChI is InChI=1S/C28H40N8O4.C26H36N8O4.C16H24N4O5.C12H18N4.Li.H2O/c1-2-40-26(38)23-20-29-27(30-21-23)35-10-8-33(9-11-35)16-18-39-17-7-25(37)34-12-14-36(15-13-34)28-31-19-22-5-3-4-6-24(22)32-28;35-23(32-10-12-34(13-11-32)26-29-17-20-3-1-2-4-22(20)30-26)5-15-38-16-14-31-6-8-33(9-7-31)25-27-18-21(19-28-25)24(36)37;1-2-25-15(23)13-11-17-16(18-12-13)20-6-4-19(5-7-20)8-10-24-9-3-14(21)22;1-2-4-11-10(3-1)9-14-12(15-11)16-7-5-13-6-8-16;;/h19-21H,2-18H2,1H3;17-19H,1-16H2,(H,36,37);11-12H,2-10H2,1H3,(H,21,22);9,13H,1-8H2;;1H2/q;;;;+1;/p-1. The van der Waals surface area contributed by atoms with Crippen LogP contribution in [0.25, 0.3) is 0 Å². The fraction of sp³-hybridized carbons (Fsp3) is 0.634. The summed E-state index contributed by atoms with van der Waals surface area (Å²) in [4.78, 5) is 147. The number of hydrogen-bond acceptors (Lipinski definition) is 34. The number of carbonyl (C=O) groups is 6. The Kier molecular flexibility index (Phi) is 38.3. The second-order valence-electron chi connectivity index (χ2n) is 30.5. The SMILES string of the molecule is CCOC(=O)c1cnc(N2CCN(CCOCCC(=O)N3CCN(c4ncc5c(n4)CCCC5)CC3)CC2)nc1.CCOC(=O)c1cnc(N2CCN(CCOCCC(=O)O)CC2)nc1.O=C(O)c1cnc(N2CCN(CCOCCC(=O)N3CCN(c4ncc5c(n4)CCCC5)CC3)CC2)nc1.[Li+].[OH-].c1nc(N2CCNCC2)nc2c1CCCC2. The minimum absolute atomic E-state index is 0. The fourth-order valence-electron chi connectivity index (χ4n) is 15.4. The van der Waals surface area contributed by atoms with E-state index in [-0.39, 0.29) is 54.7 Å². The molecule has 6 aromatic rings. The number of anilines is 6. The Hall–Kier alpha value is -9.62. The zero-order chi connectivity index (χ0) is 82.9. The molecule has 0 saturated carbocycles. The van der Waals surface area contributed by atoms with Crippen LogP contribution in [0.15, 0.2) is 55.8 Å². The molecule has 0 bridgehead atoms. The van der Waals surface area contributed by atoms with Gasteiger partial charge in [0.05, 0.1) is 88.8 Å². The van der Waals surface area contributed by atoms with Crippen LogP contribution in [0.3, 0.4) is 0 Å². The van der Waals surface area contributed by atoms with Gasteiger partial charge in [0.2, 0.25) is 47.5 Å². The minimum atomic E-state index is -1.03. The molecule has 6 aromatic heterocycles. The second kappa shape index (κ2) is 49.5. The number of amides is 2. The predicted octanol–water partition coefficient (Wildman–Crippen LogP) is -0.221. The third kappa shape index (κ3) is 28.7. The first-order chi connectivity index (χ1) is 58.2. The molecule has 0 aromatic carbocycles. The van der Waals surface area contributed by atoms with Crippen LogP contribution in [0.5, 0.6) is 0 Å². The summed E-state index contributed by atoms with van der Waals surface area (Å²) in [5.74, 6) is 1.91. The van der Waals surface area contributed by atoms with Gasteiger partial charge in [-0.05, 0) is 108 Å². The number of aryl methyl sites for hydroxylation is 6. The number of fused-ring (bicyclic) bond motifs is 3. The molecule has 6 saturated heterocycles. The molecule has 0 radical (unpaired) electrons. The van der Waals surface area contributed by atoms with E-state index in [1.807, 2.05) is 28.4 Å². The zero-order valence-electron chi connectivity index (χ0n) is 70.7. The van der Waals surface area contributed by atoms with Crippen molar-refractivity contribution < 1.29 is 87.0 Å². The van der Waals surface area contributed by atoms with Crippen molar-refractivity contribution >= 4 is 71.4 Å². The van der Waals surface area contributed by atoms with Crippen molar-refractivity contribution in [2.45, 2.75) is 110 Å². The van der Waals surface area contributed by atoms with Crippen molar-refractivity contribution in [3.8, 4) is 0 Å². The van der Waals surface area contributed by atoms with Gasteiger partial charge in [0, 0.05) is 250 Å². The summed E-state index contributed by atoms with van der Waals surface area (Å²) in [6, 6.07) is 0. The average Bonchev–Trinajstić information content (AvgIpc) is 0.846. The van der Waals surface area contributed by atoms with Crippen molar-refractivity contribution in [3.05, 3.63) is 106 Å².